The number of hydrogen-bond acceptors (Lipinski definition) is 4. The topological polar surface area (TPSA) is 60.7 Å². The van der Waals surface area contributed by atoms with E-state index >= 15 is 0 Å². The van der Waals surface area contributed by atoms with E-state index < -0.39 is 0 Å². The molecule has 1 aliphatic carbocycles. The Hall–Kier alpha value is -1.95. The van der Waals surface area contributed by atoms with E-state index in [0.29, 0.717) is 11.4 Å². The number of esters is 1. The van der Waals surface area contributed by atoms with Gasteiger partial charge in [0, 0.05) is 5.92 Å². The largest absolute Gasteiger partial charge is 0.465 e. The third-order valence-electron chi connectivity index (χ3n) is 4.66. The molecule has 0 radical (unpaired) electrons. The average Bonchev–Trinajstić information content (AvgIpc) is 3.23. The van der Waals surface area contributed by atoms with E-state index in [1.54, 1.807) is 6.92 Å². The summed E-state index contributed by atoms with van der Waals surface area (Å²) >= 11 is 1.47. The number of amides is 1. The molecule has 1 aromatic carbocycles. The van der Waals surface area contributed by atoms with Crippen LogP contribution in [0.15, 0.2) is 23.2 Å². The fourth-order valence-electron chi connectivity index (χ4n) is 3.27. The first-order valence-corrected chi connectivity index (χ1v) is 9.80. The normalized spacial score (nSPS) is 15.8. The molecule has 0 atom stereocenters. The minimum absolute atomic E-state index is 0.0347. The van der Waals surface area contributed by atoms with Gasteiger partial charge in [0.2, 0.25) is 0 Å². The van der Waals surface area contributed by atoms with Crippen molar-refractivity contribution in [3.8, 4) is 0 Å². The molecule has 5 nitrogen and oxygen atoms in total. The number of fused-ring (bicyclic) bond motifs is 1. The fraction of sp³-hybridized carbons (Fsp3) is 0.526. The maximum Gasteiger partial charge on any atom is 0.326 e. The fourth-order valence-corrected chi connectivity index (χ4v) is 4.37. The Morgan fingerprint density at radius 1 is 1.28 bits per heavy atom. The summed E-state index contributed by atoms with van der Waals surface area (Å²) in [6.07, 6.45) is 4.98. The van der Waals surface area contributed by atoms with Crippen LogP contribution in [0.5, 0.6) is 0 Å². The Bertz CT molecular complexity index is 844. The first kappa shape index (κ1) is 17.9. The summed E-state index contributed by atoms with van der Waals surface area (Å²) in [6, 6.07) is 6.17. The number of thiazole rings is 1. The summed E-state index contributed by atoms with van der Waals surface area (Å²) in [5, 5.41) is 0. The minimum Gasteiger partial charge on any atom is -0.465 e. The number of aromatic nitrogens is 1. The van der Waals surface area contributed by atoms with Crippen molar-refractivity contribution in [1.82, 2.24) is 4.57 Å². The van der Waals surface area contributed by atoms with Crippen molar-refractivity contribution >= 4 is 33.4 Å². The lowest BCUT2D eigenvalue weighted by Crippen LogP contribution is -2.24. The number of benzene rings is 1. The van der Waals surface area contributed by atoms with Crippen LogP contribution in [-0.4, -0.2) is 23.1 Å². The van der Waals surface area contributed by atoms with Crippen LogP contribution in [0.25, 0.3) is 10.2 Å². The number of rotatable bonds is 5. The van der Waals surface area contributed by atoms with E-state index in [2.05, 4.69) is 24.0 Å². The van der Waals surface area contributed by atoms with Gasteiger partial charge < -0.3 is 9.30 Å². The van der Waals surface area contributed by atoms with E-state index in [4.69, 9.17) is 4.74 Å². The van der Waals surface area contributed by atoms with Crippen molar-refractivity contribution in [3.05, 3.63) is 28.6 Å². The van der Waals surface area contributed by atoms with Crippen molar-refractivity contribution in [1.29, 1.82) is 0 Å². The maximum absolute atomic E-state index is 12.5. The maximum atomic E-state index is 12.5. The third-order valence-corrected chi connectivity index (χ3v) is 5.70. The van der Waals surface area contributed by atoms with Crippen LogP contribution >= 0.6 is 11.3 Å². The molecule has 1 fully saturated rings. The molecule has 1 aliphatic rings. The SMILES string of the molecule is CCOC(=O)Cn1c(=NC(=O)C2CCCC2)sc2cc(CC)ccc21. The summed E-state index contributed by atoms with van der Waals surface area (Å²) in [5.41, 5.74) is 2.15. The molecule has 1 heterocycles. The molecular formula is C19H24N2O3S. The summed E-state index contributed by atoms with van der Waals surface area (Å²) < 4.78 is 7.94. The first-order chi connectivity index (χ1) is 12.1. The molecule has 0 aliphatic heterocycles. The van der Waals surface area contributed by atoms with Gasteiger partial charge >= 0.3 is 5.97 Å². The van der Waals surface area contributed by atoms with Crippen LogP contribution in [0.3, 0.4) is 0 Å². The van der Waals surface area contributed by atoms with Gasteiger partial charge in [0.1, 0.15) is 6.54 Å². The second-order valence-electron chi connectivity index (χ2n) is 6.36. The highest BCUT2D eigenvalue weighted by Gasteiger charge is 2.23. The van der Waals surface area contributed by atoms with E-state index in [1.165, 1.54) is 16.9 Å². The van der Waals surface area contributed by atoms with Crippen LogP contribution in [0.2, 0.25) is 0 Å². The molecular weight excluding hydrogens is 336 g/mol. The monoisotopic (exact) mass is 360 g/mol. The highest BCUT2D eigenvalue weighted by molar-refractivity contribution is 7.16. The summed E-state index contributed by atoms with van der Waals surface area (Å²) in [6.45, 7) is 4.32. The van der Waals surface area contributed by atoms with Crippen molar-refractivity contribution in [3.63, 3.8) is 0 Å². The van der Waals surface area contributed by atoms with Gasteiger partial charge in [-0.25, -0.2) is 0 Å². The minimum atomic E-state index is -0.309. The zero-order valence-electron chi connectivity index (χ0n) is 14.8. The molecule has 25 heavy (non-hydrogen) atoms. The van der Waals surface area contributed by atoms with Crippen molar-refractivity contribution in [2.45, 2.75) is 52.5 Å². The average molecular weight is 360 g/mol. The zero-order chi connectivity index (χ0) is 17.8. The van der Waals surface area contributed by atoms with Gasteiger partial charge in [0.25, 0.3) is 5.91 Å². The number of ether oxygens (including phenoxy) is 1. The predicted molar refractivity (Wildman–Crippen MR) is 98.4 cm³/mol. The first-order valence-electron chi connectivity index (χ1n) is 8.98. The highest BCUT2D eigenvalue weighted by Crippen LogP contribution is 2.26. The Balaban J connectivity index is 2.04. The van der Waals surface area contributed by atoms with Gasteiger partial charge in [0.15, 0.2) is 4.80 Å². The van der Waals surface area contributed by atoms with E-state index in [9.17, 15) is 9.59 Å². The molecule has 0 spiro atoms. The summed E-state index contributed by atoms with van der Waals surface area (Å²) in [5.74, 6) is -0.332. The smallest absolute Gasteiger partial charge is 0.326 e. The Morgan fingerprint density at radius 2 is 2.04 bits per heavy atom. The molecule has 0 bridgehead atoms. The summed E-state index contributed by atoms with van der Waals surface area (Å²) in [4.78, 5) is 29.5. The zero-order valence-corrected chi connectivity index (χ0v) is 15.6. The van der Waals surface area contributed by atoms with Gasteiger partial charge in [-0.3, -0.25) is 9.59 Å². The predicted octanol–water partition coefficient (Wildman–Crippen LogP) is 3.45. The van der Waals surface area contributed by atoms with Gasteiger partial charge in [0.05, 0.1) is 16.8 Å². The Kier molecular flexibility index (Phi) is 5.68. The number of hydrogen-bond donors (Lipinski definition) is 0. The third kappa shape index (κ3) is 4.00. The van der Waals surface area contributed by atoms with E-state index in [-0.39, 0.29) is 24.3 Å². The van der Waals surface area contributed by atoms with Gasteiger partial charge in [-0.05, 0) is 43.9 Å². The Morgan fingerprint density at radius 3 is 2.72 bits per heavy atom. The van der Waals surface area contributed by atoms with Gasteiger partial charge in [-0.15, -0.1) is 0 Å². The van der Waals surface area contributed by atoms with Crippen LogP contribution in [0, 0.1) is 5.92 Å². The van der Waals surface area contributed by atoms with Crippen molar-refractivity contribution in [2.24, 2.45) is 10.9 Å². The molecule has 134 valence electrons. The van der Waals surface area contributed by atoms with Crippen LogP contribution in [0.4, 0.5) is 0 Å². The lowest BCUT2D eigenvalue weighted by Gasteiger charge is -2.06. The number of nitrogens with zero attached hydrogens (tertiary/aromatic N) is 2. The second-order valence-corrected chi connectivity index (χ2v) is 7.37. The standard InChI is InChI=1S/C19H24N2O3S/c1-3-13-9-10-15-16(11-13)25-19(21(15)12-17(22)24-4-2)20-18(23)14-7-5-6-8-14/h9-11,14H,3-8,12H2,1-2H3. The van der Waals surface area contributed by atoms with Crippen LogP contribution < -0.4 is 4.80 Å². The highest BCUT2D eigenvalue weighted by atomic mass is 32.1. The molecule has 2 aromatic rings. The molecule has 0 unspecified atom stereocenters. The molecule has 0 N–H and O–H groups in total. The van der Waals surface area contributed by atoms with E-state index in [1.807, 2.05) is 10.6 Å². The van der Waals surface area contributed by atoms with Crippen molar-refractivity contribution in [2.75, 3.05) is 6.61 Å². The Labute approximate surface area is 151 Å². The lowest BCUT2D eigenvalue weighted by molar-refractivity contribution is -0.143. The van der Waals surface area contributed by atoms with Crippen molar-refractivity contribution < 1.29 is 14.3 Å². The number of carbonyl (C=O) groups is 2. The molecule has 0 saturated heterocycles. The lowest BCUT2D eigenvalue weighted by atomic mass is 10.1. The molecule has 6 heteroatoms. The molecule has 1 saturated carbocycles. The van der Waals surface area contributed by atoms with E-state index in [0.717, 1.165) is 42.3 Å². The molecule has 1 amide bonds. The second kappa shape index (κ2) is 7.95. The number of aryl methyl sites for hydroxylation is 1. The van der Waals surface area contributed by atoms with Crippen LogP contribution in [0.1, 0.15) is 45.1 Å². The van der Waals surface area contributed by atoms with Crippen LogP contribution in [-0.2, 0) is 27.3 Å². The molecule has 3 rings (SSSR count). The van der Waals surface area contributed by atoms with Gasteiger partial charge in [-0.1, -0.05) is 37.2 Å². The van der Waals surface area contributed by atoms with Gasteiger partial charge in [-0.2, -0.15) is 4.99 Å². The quantitative estimate of drug-likeness (QED) is 0.767. The number of carbonyl (C=O) groups excluding carboxylic acids is 2. The molecule has 1 aromatic heterocycles. The summed E-state index contributed by atoms with van der Waals surface area (Å²) in [7, 11) is 0.